The molecule has 0 aliphatic rings. The third-order valence-corrected chi connectivity index (χ3v) is 5.78. The summed E-state index contributed by atoms with van der Waals surface area (Å²) in [5.41, 5.74) is 0.590. The van der Waals surface area contributed by atoms with Gasteiger partial charge in [-0.3, -0.25) is 14.2 Å². The van der Waals surface area contributed by atoms with Gasteiger partial charge in [0.25, 0.3) is 5.56 Å². The Morgan fingerprint density at radius 2 is 2.12 bits per heavy atom. The van der Waals surface area contributed by atoms with E-state index < -0.39 is 0 Å². The van der Waals surface area contributed by atoms with Crippen molar-refractivity contribution in [3.05, 3.63) is 57.0 Å². The zero-order valence-corrected chi connectivity index (χ0v) is 15.7. The van der Waals surface area contributed by atoms with Crippen molar-refractivity contribution >= 4 is 39.9 Å². The molecule has 0 fully saturated rings. The molecule has 1 aromatic carbocycles. The van der Waals surface area contributed by atoms with E-state index in [4.69, 9.17) is 0 Å². The maximum atomic E-state index is 12.6. The summed E-state index contributed by atoms with van der Waals surface area (Å²) in [6.07, 6.45) is 0. The van der Waals surface area contributed by atoms with Gasteiger partial charge in [0, 0.05) is 11.4 Å². The highest BCUT2D eigenvalue weighted by molar-refractivity contribution is 8.00. The van der Waals surface area contributed by atoms with E-state index in [-0.39, 0.29) is 16.7 Å². The van der Waals surface area contributed by atoms with Gasteiger partial charge in [0.2, 0.25) is 5.91 Å². The van der Waals surface area contributed by atoms with Gasteiger partial charge < -0.3 is 5.32 Å². The number of thioether (sulfide) groups is 1. The Balaban J connectivity index is 1.79. The van der Waals surface area contributed by atoms with Gasteiger partial charge >= 0.3 is 0 Å². The molecule has 2 heterocycles. The molecule has 0 saturated carbocycles. The summed E-state index contributed by atoms with van der Waals surface area (Å²) in [5, 5.41) is 5.75. The molecule has 1 unspecified atom stereocenters. The molecule has 0 spiro atoms. The van der Waals surface area contributed by atoms with Gasteiger partial charge in [-0.05, 0) is 37.4 Å². The minimum absolute atomic E-state index is 0.0662. The molecular weight excluding hydrogens is 354 g/mol. The van der Waals surface area contributed by atoms with Gasteiger partial charge in [0.05, 0.1) is 22.7 Å². The van der Waals surface area contributed by atoms with Gasteiger partial charge in [0.1, 0.15) is 0 Å². The lowest BCUT2D eigenvalue weighted by Crippen LogP contribution is -2.31. The van der Waals surface area contributed by atoms with Crippen LogP contribution in [0.25, 0.3) is 10.9 Å². The molecule has 1 amide bonds. The fourth-order valence-corrected chi connectivity index (χ4v) is 4.10. The van der Waals surface area contributed by atoms with Gasteiger partial charge in [-0.15, -0.1) is 11.3 Å². The smallest absolute Gasteiger partial charge is 0.262 e. The number of hydrogen-bond acceptors (Lipinski definition) is 5. The number of nitrogens with one attached hydrogen (secondary N) is 1. The lowest BCUT2D eigenvalue weighted by molar-refractivity contribution is -0.120. The number of thiophene rings is 1. The second-order valence-corrected chi connectivity index (χ2v) is 7.86. The maximum Gasteiger partial charge on any atom is 0.262 e. The zero-order chi connectivity index (χ0) is 17.8. The van der Waals surface area contributed by atoms with Crippen LogP contribution in [0.2, 0.25) is 0 Å². The highest BCUT2D eigenvalue weighted by Crippen LogP contribution is 2.22. The van der Waals surface area contributed by atoms with Crippen molar-refractivity contribution in [3.63, 3.8) is 0 Å². The van der Waals surface area contributed by atoms with Crippen LogP contribution in [0.3, 0.4) is 0 Å². The Kier molecular flexibility index (Phi) is 5.55. The molecule has 5 nitrogen and oxygen atoms in total. The number of hydrogen-bond donors (Lipinski definition) is 1. The number of para-hydroxylation sites is 1. The van der Waals surface area contributed by atoms with E-state index in [9.17, 15) is 9.59 Å². The van der Waals surface area contributed by atoms with Crippen molar-refractivity contribution in [2.45, 2.75) is 37.3 Å². The summed E-state index contributed by atoms with van der Waals surface area (Å²) >= 11 is 2.92. The van der Waals surface area contributed by atoms with Crippen LogP contribution in [0, 0.1) is 0 Å². The van der Waals surface area contributed by atoms with Gasteiger partial charge in [-0.2, -0.15) is 0 Å². The van der Waals surface area contributed by atoms with Crippen LogP contribution in [-0.2, 0) is 17.9 Å². The molecule has 0 radical (unpaired) electrons. The normalized spacial score (nSPS) is 12.2. The predicted octanol–water partition coefficient (Wildman–Crippen LogP) is 3.27. The molecule has 0 saturated heterocycles. The first-order chi connectivity index (χ1) is 12.1. The molecule has 7 heteroatoms. The molecule has 2 aromatic heterocycles. The second-order valence-electron chi connectivity index (χ2n) is 5.52. The summed E-state index contributed by atoms with van der Waals surface area (Å²) in [4.78, 5) is 30.7. The predicted molar refractivity (Wildman–Crippen MR) is 103 cm³/mol. The number of carbonyl (C=O) groups excluding carboxylic acids is 1. The van der Waals surface area contributed by atoms with Crippen molar-refractivity contribution in [2.75, 3.05) is 0 Å². The first-order valence-corrected chi connectivity index (χ1v) is 9.82. The number of carbonyl (C=O) groups is 1. The van der Waals surface area contributed by atoms with E-state index in [0.29, 0.717) is 29.1 Å². The number of fused-ring (bicyclic) bond motifs is 1. The Labute approximate surface area is 154 Å². The maximum absolute atomic E-state index is 12.6. The van der Waals surface area contributed by atoms with E-state index in [1.165, 1.54) is 11.8 Å². The first-order valence-electron chi connectivity index (χ1n) is 8.06. The van der Waals surface area contributed by atoms with E-state index in [0.717, 1.165) is 4.88 Å². The number of amides is 1. The van der Waals surface area contributed by atoms with Gasteiger partial charge in [-0.1, -0.05) is 30.0 Å². The Bertz CT molecular complexity index is 935. The molecule has 0 aliphatic carbocycles. The molecule has 130 valence electrons. The van der Waals surface area contributed by atoms with Crippen LogP contribution in [0.4, 0.5) is 0 Å². The third kappa shape index (κ3) is 3.93. The van der Waals surface area contributed by atoms with E-state index in [1.807, 2.05) is 49.6 Å². The number of rotatable bonds is 6. The highest BCUT2D eigenvalue weighted by Gasteiger charge is 2.18. The molecule has 25 heavy (non-hydrogen) atoms. The van der Waals surface area contributed by atoms with E-state index in [2.05, 4.69) is 10.3 Å². The summed E-state index contributed by atoms with van der Waals surface area (Å²) in [6.45, 7) is 4.77. The molecule has 1 N–H and O–H groups in total. The highest BCUT2D eigenvalue weighted by atomic mass is 32.2. The Morgan fingerprint density at radius 3 is 2.84 bits per heavy atom. The summed E-state index contributed by atoms with van der Waals surface area (Å²) in [7, 11) is 0. The minimum Gasteiger partial charge on any atom is -0.350 e. The first kappa shape index (κ1) is 17.7. The quantitative estimate of drug-likeness (QED) is 0.532. The molecule has 0 bridgehead atoms. The van der Waals surface area contributed by atoms with Crippen LogP contribution < -0.4 is 10.9 Å². The summed E-state index contributed by atoms with van der Waals surface area (Å²) in [5.74, 6) is -0.0662. The molecule has 0 aliphatic heterocycles. The molecule has 1 atom stereocenters. The SMILES string of the molecule is CCn1c(SC(C)C(=O)NCc2cccs2)nc2ccccc2c1=O. The van der Waals surface area contributed by atoms with Gasteiger partial charge in [0.15, 0.2) is 5.16 Å². The Hall–Kier alpha value is -2.12. The van der Waals surface area contributed by atoms with Gasteiger partial charge in [-0.25, -0.2) is 4.98 Å². The number of aromatic nitrogens is 2. The summed E-state index contributed by atoms with van der Waals surface area (Å²) in [6, 6.07) is 11.2. The fourth-order valence-electron chi connectivity index (χ4n) is 2.46. The second kappa shape index (κ2) is 7.84. The van der Waals surface area contributed by atoms with Crippen LogP contribution in [0.5, 0.6) is 0 Å². The largest absolute Gasteiger partial charge is 0.350 e. The lowest BCUT2D eigenvalue weighted by atomic mass is 10.2. The Morgan fingerprint density at radius 1 is 1.32 bits per heavy atom. The fraction of sp³-hybridized carbons (Fsp3) is 0.278. The van der Waals surface area contributed by atoms with Crippen LogP contribution >= 0.6 is 23.1 Å². The van der Waals surface area contributed by atoms with Crippen LogP contribution in [0.15, 0.2) is 51.7 Å². The molecule has 3 rings (SSSR count). The van der Waals surface area contributed by atoms with Crippen molar-refractivity contribution in [1.82, 2.24) is 14.9 Å². The summed E-state index contributed by atoms with van der Waals surface area (Å²) < 4.78 is 1.62. The lowest BCUT2D eigenvalue weighted by Gasteiger charge is -2.15. The molecular formula is C18H19N3O2S2. The molecule has 3 aromatic rings. The van der Waals surface area contributed by atoms with Crippen LogP contribution in [0.1, 0.15) is 18.7 Å². The standard InChI is InChI=1S/C18H19N3O2S2/c1-3-21-17(23)14-8-4-5-9-15(14)20-18(21)25-12(2)16(22)19-11-13-7-6-10-24-13/h4-10,12H,3,11H2,1-2H3,(H,19,22). The zero-order valence-electron chi connectivity index (χ0n) is 14.1. The van der Waals surface area contributed by atoms with Crippen molar-refractivity contribution in [3.8, 4) is 0 Å². The average molecular weight is 374 g/mol. The van der Waals surface area contributed by atoms with Crippen molar-refractivity contribution in [1.29, 1.82) is 0 Å². The average Bonchev–Trinajstić information content (AvgIpc) is 3.13. The number of nitrogens with zero attached hydrogens (tertiary/aromatic N) is 2. The monoisotopic (exact) mass is 373 g/mol. The van der Waals surface area contributed by atoms with Crippen molar-refractivity contribution < 1.29 is 4.79 Å². The van der Waals surface area contributed by atoms with E-state index >= 15 is 0 Å². The number of benzene rings is 1. The van der Waals surface area contributed by atoms with Crippen LogP contribution in [-0.4, -0.2) is 20.7 Å². The topological polar surface area (TPSA) is 64.0 Å². The third-order valence-electron chi connectivity index (χ3n) is 3.81. The minimum atomic E-state index is -0.342. The van der Waals surface area contributed by atoms with E-state index in [1.54, 1.807) is 22.0 Å². The van der Waals surface area contributed by atoms with Crippen molar-refractivity contribution in [2.24, 2.45) is 0 Å².